The highest BCUT2D eigenvalue weighted by molar-refractivity contribution is 5.97. The van der Waals surface area contributed by atoms with Crippen LogP contribution in [0, 0.1) is 5.82 Å². The summed E-state index contributed by atoms with van der Waals surface area (Å²) in [6, 6.07) is 5.23. The van der Waals surface area contributed by atoms with Gasteiger partial charge in [0.1, 0.15) is 5.82 Å². The van der Waals surface area contributed by atoms with E-state index >= 15 is 0 Å². The van der Waals surface area contributed by atoms with Gasteiger partial charge in [0.25, 0.3) is 0 Å². The molecule has 1 rings (SSSR count). The van der Waals surface area contributed by atoms with Crippen LogP contribution in [0.15, 0.2) is 23.4 Å². The summed E-state index contributed by atoms with van der Waals surface area (Å²) in [5.41, 5.74) is 6.13. The fourth-order valence-electron chi connectivity index (χ4n) is 2.09. The maximum atomic E-state index is 14.4. The molecule has 0 saturated heterocycles. The first-order chi connectivity index (χ1) is 10.0. The maximum Gasteiger partial charge on any atom is 0.173 e. The van der Waals surface area contributed by atoms with Gasteiger partial charge in [0.15, 0.2) is 5.84 Å². The summed E-state index contributed by atoms with van der Waals surface area (Å²) >= 11 is 0. The zero-order valence-corrected chi connectivity index (χ0v) is 12.8. The Morgan fingerprint density at radius 1 is 1.52 bits per heavy atom. The summed E-state index contributed by atoms with van der Waals surface area (Å²) in [4.78, 5) is 2.15. The second-order valence-electron chi connectivity index (χ2n) is 4.98. The molecular weight excluding hydrogens is 273 g/mol. The van der Waals surface area contributed by atoms with Crippen molar-refractivity contribution < 1.29 is 14.3 Å². The molecule has 0 aliphatic heterocycles. The molecule has 1 unspecified atom stereocenters. The average Bonchev–Trinajstić information content (AvgIpc) is 2.51. The average molecular weight is 297 g/mol. The normalized spacial score (nSPS) is 13.7. The molecule has 5 nitrogen and oxygen atoms in total. The lowest BCUT2D eigenvalue weighted by Crippen LogP contribution is -2.35. The van der Waals surface area contributed by atoms with E-state index in [4.69, 9.17) is 15.7 Å². The van der Waals surface area contributed by atoms with Crippen LogP contribution in [0.25, 0.3) is 0 Å². The first-order valence-corrected chi connectivity index (χ1v) is 7.03. The largest absolute Gasteiger partial charge is 0.409 e. The van der Waals surface area contributed by atoms with Gasteiger partial charge in [0, 0.05) is 31.8 Å². The van der Waals surface area contributed by atoms with Crippen LogP contribution in [0.1, 0.15) is 31.4 Å². The topological polar surface area (TPSA) is 71.1 Å². The first kappa shape index (κ1) is 17.4. The van der Waals surface area contributed by atoms with Crippen LogP contribution in [0.4, 0.5) is 4.39 Å². The van der Waals surface area contributed by atoms with E-state index in [2.05, 4.69) is 23.9 Å². The standard InChI is InChI=1S/C15H24FN3O2/c1-4-11(2)19(8-9-21-3)10-12-6-5-7-13(14(12)16)15(17)18-20/h5-7,11,20H,4,8-10H2,1-3H3,(H2,17,18). The third kappa shape index (κ3) is 4.68. The summed E-state index contributed by atoms with van der Waals surface area (Å²) in [6.45, 7) is 5.95. The van der Waals surface area contributed by atoms with Crippen LogP contribution in [0.2, 0.25) is 0 Å². The van der Waals surface area contributed by atoms with Crippen LogP contribution >= 0.6 is 0 Å². The Labute approximate surface area is 125 Å². The van der Waals surface area contributed by atoms with Crippen LogP contribution < -0.4 is 5.73 Å². The number of hydrogen-bond donors (Lipinski definition) is 2. The molecule has 0 amide bonds. The lowest BCUT2D eigenvalue weighted by molar-refractivity contribution is 0.117. The summed E-state index contributed by atoms with van der Waals surface area (Å²) in [5.74, 6) is -0.667. The van der Waals surface area contributed by atoms with Gasteiger partial charge in [0.2, 0.25) is 0 Å². The van der Waals surface area contributed by atoms with E-state index in [9.17, 15) is 4.39 Å². The number of ether oxygens (including phenoxy) is 1. The van der Waals surface area contributed by atoms with Gasteiger partial charge in [0.05, 0.1) is 12.2 Å². The Hall–Kier alpha value is -1.66. The highest BCUT2D eigenvalue weighted by atomic mass is 19.1. The molecule has 1 aromatic rings. The van der Waals surface area contributed by atoms with Crippen LogP contribution in [-0.4, -0.2) is 42.2 Å². The molecule has 0 spiro atoms. The molecule has 0 heterocycles. The Morgan fingerprint density at radius 3 is 2.81 bits per heavy atom. The van der Waals surface area contributed by atoms with Gasteiger partial charge in [-0.05, 0) is 19.4 Å². The van der Waals surface area contributed by atoms with Crippen LogP contribution in [-0.2, 0) is 11.3 Å². The zero-order valence-electron chi connectivity index (χ0n) is 12.8. The number of benzene rings is 1. The van der Waals surface area contributed by atoms with E-state index in [1.54, 1.807) is 19.2 Å². The van der Waals surface area contributed by atoms with Crippen molar-refractivity contribution in [3.05, 3.63) is 35.1 Å². The maximum absolute atomic E-state index is 14.4. The van der Waals surface area contributed by atoms with Crippen molar-refractivity contribution in [3.63, 3.8) is 0 Å². The molecule has 1 aromatic carbocycles. The Balaban J connectivity index is 2.98. The third-order valence-corrected chi connectivity index (χ3v) is 3.63. The Bertz CT molecular complexity index is 480. The Morgan fingerprint density at radius 2 is 2.24 bits per heavy atom. The van der Waals surface area contributed by atoms with E-state index in [0.29, 0.717) is 24.8 Å². The monoisotopic (exact) mass is 297 g/mol. The second-order valence-corrected chi connectivity index (χ2v) is 4.98. The molecule has 0 bridgehead atoms. The van der Waals surface area contributed by atoms with Crippen molar-refractivity contribution in [3.8, 4) is 0 Å². The number of oxime groups is 1. The fourth-order valence-corrected chi connectivity index (χ4v) is 2.09. The zero-order chi connectivity index (χ0) is 15.8. The Kier molecular flexibility index (Phi) is 7.11. The molecule has 6 heteroatoms. The van der Waals surface area contributed by atoms with Gasteiger partial charge in [-0.25, -0.2) is 4.39 Å². The molecule has 0 aliphatic carbocycles. The van der Waals surface area contributed by atoms with Crippen LogP contribution in [0.3, 0.4) is 0 Å². The number of nitrogens with two attached hydrogens (primary N) is 1. The number of nitrogens with zero attached hydrogens (tertiary/aromatic N) is 2. The summed E-state index contributed by atoms with van der Waals surface area (Å²) < 4.78 is 19.5. The molecule has 0 radical (unpaired) electrons. The summed E-state index contributed by atoms with van der Waals surface area (Å²) in [7, 11) is 1.65. The fraction of sp³-hybridized carbons (Fsp3) is 0.533. The molecule has 3 N–H and O–H groups in total. The van der Waals surface area contributed by atoms with E-state index < -0.39 is 5.82 Å². The number of amidine groups is 1. The lowest BCUT2D eigenvalue weighted by atomic mass is 10.1. The van der Waals surface area contributed by atoms with Crippen molar-refractivity contribution in [1.29, 1.82) is 0 Å². The number of hydrogen-bond acceptors (Lipinski definition) is 4. The molecule has 0 aliphatic rings. The van der Waals surface area contributed by atoms with Gasteiger partial charge in [-0.15, -0.1) is 0 Å². The van der Waals surface area contributed by atoms with Gasteiger partial charge >= 0.3 is 0 Å². The smallest absolute Gasteiger partial charge is 0.173 e. The number of methoxy groups -OCH3 is 1. The molecule has 0 fully saturated rings. The minimum atomic E-state index is -0.446. The molecule has 0 aromatic heterocycles. The van der Waals surface area contributed by atoms with Gasteiger partial charge in [-0.3, -0.25) is 4.90 Å². The van der Waals surface area contributed by atoms with Gasteiger partial charge in [-0.2, -0.15) is 0 Å². The van der Waals surface area contributed by atoms with Crippen LogP contribution in [0.5, 0.6) is 0 Å². The highest BCUT2D eigenvalue weighted by Gasteiger charge is 2.17. The molecule has 118 valence electrons. The van der Waals surface area contributed by atoms with E-state index in [0.717, 1.165) is 13.0 Å². The lowest BCUT2D eigenvalue weighted by Gasteiger charge is -2.28. The predicted molar refractivity (Wildman–Crippen MR) is 80.9 cm³/mol. The molecule has 21 heavy (non-hydrogen) atoms. The predicted octanol–water partition coefficient (Wildman–Crippen LogP) is 2.17. The van der Waals surface area contributed by atoms with Crippen molar-refractivity contribution in [2.45, 2.75) is 32.9 Å². The minimum absolute atomic E-state index is 0.117. The summed E-state index contributed by atoms with van der Waals surface area (Å²) in [5, 5.41) is 11.6. The quantitative estimate of drug-likeness (QED) is 0.334. The molecule has 1 atom stereocenters. The SMILES string of the molecule is CCC(C)N(CCOC)Cc1cccc(/C(N)=N/O)c1F. The first-order valence-electron chi connectivity index (χ1n) is 7.03. The second kappa shape index (κ2) is 8.59. The van der Waals surface area contributed by atoms with E-state index in [1.807, 2.05) is 0 Å². The number of halogens is 1. The van der Waals surface area contributed by atoms with Crippen molar-refractivity contribution >= 4 is 5.84 Å². The van der Waals surface area contributed by atoms with Gasteiger partial charge in [-0.1, -0.05) is 24.2 Å². The van der Waals surface area contributed by atoms with E-state index in [1.165, 1.54) is 6.07 Å². The minimum Gasteiger partial charge on any atom is -0.409 e. The summed E-state index contributed by atoms with van der Waals surface area (Å²) in [6.07, 6.45) is 0.964. The third-order valence-electron chi connectivity index (χ3n) is 3.63. The highest BCUT2D eigenvalue weighted by Crippen LogP contribution is 2.17. The van der Waals surface area contributed by atoms with Gasteiger partial charge < -0.3 is 15.7 Å². The van der Waals surface area contributed by atoms with Crippen molar-refractivity contribution in [2.75, 3.05) is 20.3 Å². The van der Waals surface area contributed by atoms with Crippen molar-refractivity contribution in [2.24, 2.45) is 10.9 Å². The number of rotatable bonds is 8. The van der Waals surface area contributed by atoms with Crippen molar-refractivity contribution in [1.82, 2.24) is 4.90 Å². The van der Waals surface area contributed by atoms with E-state index in [-0.39, 0.29) is 11.4 Å². The molecular formula is C15H24FN3O2. The molecule has 0 saturated carbocycles.